The number of carbonyl (C=O) groups excluding carboxylic acids is 3. The molecule has 0 spiro atoms. The predicted molar refractivity (Wildman–Crippen MR) is 100 cm³/mol. The van der Waals surface area contributed by atoms with E-state index >= 15 is 0 Å². The molecule has 1 aliphatic heterocycles. The van der Waals surface area contributed by atoms with Crippen LogP contribution in [0.5, 0.6) is 11.5 Å². The number of imide groups is 1. The van der Waals surface area contributed by atoms with E-state index in [1.807, 2.05) is 13.8 Å². The molecule has 28 heavy (non-hydrogen) atoms. The van der Waals surface area contributed by atoms with E-state index in [9.17, 15) is 14.4 Å². The normalized spacial score (nSPS) is 27.8. The number of hydrogen-bond donors (Lipinski definition) is 1. The van der Waals surface area contributed by atoms with Crippen LogP contribution in [-0.2, 0) is 14.4 Å². The van der Waals surface area contributed by atoms with Crippen LogP contribution < -0.4 is 14.9 Å². The first kappa shape index (κ1) is 18.5. The summed E-state index contributed by atoms with van der Waals surface area (Å²) in [6.45, 7) is 3.81. The van der Waals surface area contributed by atoms with Gasteiger partial charge in [-0.05, 0) is 62.8 Å². The second-order valence-corrected chi connectivity index (χ2v) is 7.81. The molecule has 3 fully saturated rings. The number of nitrogens with one attached hydrogen (secondary N) is 1. The van der Waals surface area contributed by atoms with Gasteiger partial charge in [-0.15, -0.1) is 0 Å². The molecule has 7 heteroatoms. The van der Waals surface area contributed by atoms with Crippen molar-refractivity contribution in [3.8, 4) is 11.5 Å². The fourth-order valence-electron chi connectivity index (χ4n) is 5.08. The lowest BCUT2D eigenvalue weighted by atomic mass is 9.81. The van der Waals surface area contributed by atoms with Gasteiger partial charge in [0.1, 0.15) is 11.5 Å². The number of methoxy groups -OCH3 is 1. The summed E-state index contributed by atoms with van der Waals surface area (Å²) in [6.07, 6.45) is 1.88. The van der Waals surface area contributed by atoms with E-state index in [0.29, 0.717) is 11.5 Å². The minimum absolute atomic E-state index is 0.133. The van der Waals surface area contributed by atoms with Gasteiger partial charge < -0.3 is 9.47 Å². The molecule has 1 heterocycles. The molecule has 0 unspecified atom stereocenters. The van der Waals surface area contributed by atoms with Gasteiger partial charge in [-0.1, -0.05) is 11.1 Å². The Bertz CT molecular complexity index is 824. The number of benzene rings is 1. The van der Waals surface area contributed by atoms with E-state index in [0.717, 1.165) is 17.9 Å². The average Bonchev–Trinajstić information content (AvgIpc) is 3.33. The summed E-state index contributed by atoms with van der Waals surface area (Å²) >= 11 is 0. The Morgan fingerprint density at radius 3 is 2.07 bits per heavy atom. The van der Waals surface area contributed by atoms with Gasteiger partial charge in [0.25, 0.3) is 17.7 Å². The molecule has 4 rings (SSSR count). The Hall–Kier alpha value is -2.83. The van der Waals surface area contributed by atoms with Gasteiger partial charge in [0.15, 0.2) is 6.61 Å². The minimum atomic E-state index is -0.535. The third kappa shape index (κ3) is 2.85. The topological polar surface area (TPSA) is 84.9 Å². The zero-order chi connectivity index (χ0) is 20.0. The van der Waals surface area contributed by atoms with Gasteiger partial charge in [-0.3, -0.25) is 19.8 Å². The number of ether oxygens (including phenoxy) is 2. The van der Waals surface area contributed by atoms with Crippen LogP contribution in [0, 0.1) is 23.7 Å². The highest BCUT2D eigenvalue weighted by Gasteiger charge is 2.63. The number of rotatable bonds is 5. The lowest BCUT2D eigenvalue weighted by molar-refractivity contribution is -0.150. The van der Waals surface area contributed by atoms with E-state index < -0.39 is 5.91 Å². The summed E-state index contributed by atoms with van der Waals surface area (Å²) in [5.41, 5.74) is 4.94. The van der Waals surface area contributed by atoms with Crippen molar-refractivity contribution in [1.29, 1.82) is 0 Å². The van der Waals surface area contributed by atoms with Crippen molar-refractivity contribution < 1.29 is 23.9 Å². The van der Waals surface area contributed by atoms with Crippen molar-refractivity contribution in [3.05, 3.63) is 35.4 Å². The number of fused-ring (bicyclic) bond motifs is 5. The zero-order valence-corrected chi connectivity index (χ0v) is 16.2. The zero-order valence-electron chi connectivity index (χ0n) is 16.2. The number of hydrogen-bond acceptors (Lipinski definition) is 5. The van der Waals surface area contributed by atoms with E-state index in [-0.39, 0.29) is 42.1 Å². The van der Waals surface area contributed by atoms with E-state index in [2.05, 4.69) is 5.43 Å². The van der Waals surface area contributed by atoms with Crippen LogP contribution >= 0.6 is 0 Å². The first-order chi connectivity index (χ1) is 13.4. The monoisotopic (exact) mass is 384 g/mol. The highest BCUT2D eigenvalue weighted by Crippen LogP contribution is 2.59. The minimum Gasteiger partial charge on any atom is -0.497 e. The molecular weight excluding hydrogens is 360 g/mol. The van der Waals surface area contributed by atoms with Gasteiger partial charge >= 0.3 is 0 Å². The fourth-order valence-corrected chi connectivity index (χ4v) is 5.08. The number of carbonyl (C=O) groups is 3. The summed E-state index contributed by atoms with van der Waals surface area (Å²) in [7, 11) is 1.56. The van der Waals surface area contributed by atoms with Crippen LogP contribution in [0.2, 0.25) is 0 Å². The quantitative estimate of drug-likeness (QED) is 0.621. The lowest BCUT2D eigenvalue weighted by Gasteiger charge is -2.19. The van der Waals surface area contributed by atoms with E-state index in [1.54, 1.807) is 31.4 Å². The van der Waals surface area contributed by atoms with Crippen molar-refractivity contribution in [2.75, 3.05) is 13.7 Å². The fraction of sp³-hybridized carbons (Fsp3) is 0.476. The van der Waals surface area contributed by atoms with Crippen LogP contribution in [0.15, 0.2) is 35.4 Å². The summed E-state index contributed by atoms with van der Waals surface area (Å²) < 4.78 is 10.5. The standard InChI is InChI=1S/C21H24N2O5/c1-11(2)17-14-8-9-15(17)19-18(14)20(25)23(21(19)26)22-16(24)10-28-13-6-4-12(27-3)5-7-13/h4-7,14-15,18-19H,8-10H2,1-3H3,(H,22,24)/t14-,15+,18-,19-/m1/s1. The molecule has 3 amide bonds. The molecule has 2 bridgehead atoms. The molecule has 148 valence electrons. The van der Waals surface area contributed by atoms with Crippen LogP contribution in [0.3, 0.4) is 0 Å². The van der Waals surface area contributed by atoms with Crippen LogP contribution in [0.25, 0.3) is 0 Å². The number of amides is 3. The van der Waals surface area contributed by atoms with Gasteiger partial charge in [0.2, 0.25) is 0 Å². The molecule has 1 aromatic rings. The molecule has 1 saturated heterocycles. The van der Waals surface area contributed by atoms with Crippen molar-refractivity contribution in [3.63, 3.8) is 0 Å². The SMILES string of the molecule is COc1ccc(OCC(=O)NN2C(=O)[C@H]3[C@H](C2=O)[C@H]2CC[C@@H]3C2=C(C)C)cc1. The van der Waals surface area contributed by atoms with Crippen LogP contribution in [0.4, 0.5) is 0 Å². The predicted octanol–water partition coefficient (Wildman–Crippen LogP) is 2.08. The Morgan fingerprint density at radius 2 is 1.57 bits per heavy atom. The van der Waals surface area contributed by atoms with Gasteiger partial charge in [0.05, 0.1) is 18.9 Å². The third-order valence-electron chi connectivity index (χ3n) is 6.10. The van der Waals surface area contributed by atoms with Crippen molar-refractivity contribution >= 4 is 17.7 Å². The Labute approximate surface area is 163 Å². The molecular formula is C21H24N2O5. The third-order valence-corrected chi connectivity index (χ3v) is 6.10. The molecule has 4 atom stereocenters. The highest BCUT2D eigenvalue weighted by atomic mass is 16.5. The lowest BCUT2D eigenvalue weighted by Crippen LogP contribution is -2.49. The second-order valence-electron chi connectivity index (χ2n) is 7.81. The summed E-state index contributed by atoms with van der Waals surface area (Å²) in [4.78, 5) is 37.9. The maximum Gasteiger partial charge on any atom is 0.276 e. The molecule has 3 aliphatic rings. The molecule has 1 aromatic carbocycles. The number of nitrogens with zero attached hydrogens (tertiary/aromatic N) is 1. The van der Waals surface area contributed by atoms with Gasteiger partial charge in [0, 0.05) is 0 Å². The first-order valence-corrected chi connectivity index (χ1v) is 9.53. The van der Waals surface area contributed by atoms with Crippen molar-refractivity contribution in [1.82, 2.24) is 10.4 Å². The number of hydrazine groups is 1. The molecule has 0 aromatic heterocycles. The summed E-state index contributed by atoms with van der Waals surface area (Å²) in [5.74, 6) is -0.342. The maximum atomic E-state index is 12.8. The highest BCUT2D eigenvalue weighted by molar-refractivity contribution is 6.07. The average molecular weight is 384 g/mol. The van der Waals surface area contributed by atoms with E-state index in [4.69, 9.17) is 9.47 Å². The maximum absolute atomic E-state index is 12.8. The van der Waals surface area contributed by atoms with Crippen LogP contribution in [-0.4, -0.2) is 36.4 Å². The smallest absolute Gasteiger partial charge is 0.276 e. The first-order valence-electron chi connectivity index (χ1n) is 9.53. The Kier molecular flexibility index (Phi) is 4.61. The Balaban J connectivity index is 1.39. The second kappa shape index (κ2) is 6.96. The molecule has 2 saturated carbocycles. The number of allylic oxidation sites excluding steroid dienone is 2. The van der Waals surface area contributed by atoms with Crippen molar-refractivity contribution in [2.24, 2.45) is 23.7 Å². The Morgan fingerprint density at radius 1 is 1.04 bits per heavy atom. The van der Waals surface area contributed by atoms with Crippen molar-refractivity contribution in [2.45, 2.75) is 26.7 Å². The summed E-state index contributed by atoms with van der Waals surface area (Å²) in [5, 5.41) is 0.919. The molecule has 2 aliphatic carbocycles. The summed E-state index contributed by atoms with van der Waals surface area (Å²) in [6, 6.07) is 6.81. The van der Waals surface area contributed by atoms with Crippen LogP contribution in [0.1, 0.15) is 26.7 Å². The molecule has 1 N–H and O–H groups in total. The van der Waals surface area contributed by atoms with Gasteiger partial charge in [-0.2, -0.15) is 5.01 Å². The molecule has 7 nitrogen and oxygen atoms in total. The van der Waals surface area contributed by atoms with E-state index in [1.165, 1.54) is 11.1 Å². The largest absolute Gasteiger partial charge is 0.497 e. The van der Waals surface area contributed by atoms with Gasteiger partial charge in [-0.25, -0.2) is 0 Å². The molecule has 0 radical (unpaired) electrons.